The Hall–Kier alpha value is -1.35. The summed E-state index contributed by atoms with van der Waals surface area (Å²) in [4.78, 5) is 14.1. The van der Waals surface area contributed by atoms with Gasteiger partial charge in [0.15, 0.2) is 0 Å². The molecule has 2 rings (SSSR count). The largest absolute Gasteiger partial charge is 0.334 e. The maximum Gasteiger partial charge on any atom is 0.223 e. The summed E-state index contributed by atoms with van der Waals surface area (Å²) in [5.41, 5.74) is 9.93. The fourth-order valence-electron chi connectivity index (χ4n) is 2.67. The lowest BCUT2D eigenvalue weighted by Gasteiger charge is -2.16. The number of fused-ring (bicyclic) bond motifs is 1. The summed E-state index contributed by atoms with van der Waals surface area (Å²) in [6.07, 6.45) is 2.72. The second-order valence-corrected chi connectivity index (χ2v) is 6.15. The first-order chi connectivity index (χ1) is 9.52. The van der Waals surface area contributed by atoms with Crippen LogP contribution in [0.5, 0.6) is 0 Å². The molecule has 0 radical (unpaired) electrons. The first-order valence-electron chi connectivity index (χ1n) is 7.68. The highest BCUT2D eigenvalue weighted by atomic mass is 16.2. The molecule has 0 saturated carbocycles. The van der Waals surface area contributed by atoms with Gasteiger partial charge in [0.25, 0.3) is 0 Å². The number of rotatable bonds is 5. The zero-order valence-corrected chi connectivity index (χ0v) is 12.9. The lowest BCUT2D eigenvalue weighted by atomic mass is 9.94. The summed E-state index contributed by atoms with van der Waals surface area (Å²) in [6, 6.07) is 6.52. The Morgan fingerprint density at radius 1 is 1.30 bits per heavy atom. The third-order valence-corrected chi connectivity index (χ3v) is 4.15. The fourth-order valence-corrected chi connectivity index (χ4v) is 2.67. The number of amides is 1. The van der Waals surface area contributed by atoms with Crippen molar-refractivity contribution in [3.05, 3.63) is 34.9 Å². The molecular weight excluding hydrogens is 248 g/mol. The van der Waals surface area contributed by atoms with Crippen LogP contribution in [0.4, 0.5) is 0 Å². The Balaban J connectivity index is 2.07. The predicted molar refractivity (Wildman–Crippen MR) is 82.0 cm³/mol. The summed E-state index contributed by atoms with van der Waals surface area (Å²) in [5, 5.41) is 0. The molecule has 2 N–H and O–H groups in total. The Morgan fingerprint density at radius 3 is 2.65 bits per heavy atom. The molecule has 110 valence electrons. The summed E-state index contributed by atoms with van der Waals surface area (Å²) in [6.45, 7) is 7.90. The van der Waals surface area contributed by atoms with Gasteiger partial charge in [-0.2, -0.15) is 0 Å². The van der Waals surface area contributed by atoms with Gasteiger partial charge in [-0.25, -0.2) is 0 Å². The fraction of sp³-hybridized carbons (Fsp3) is 0.588. The third kappa shape index (κ3) is 3.21. The van der Waals surface area contributed by atoms with Gasteiger partial charge in [0.05, 0.1) is 0 Å². The molecule has 1 amide bonds. The number of carbonyl (C=O) groups excluding carboxylic acids is 1. The van der Waals surface area contributed by atoms with E-state index in [1.54, 1.807) is 0 Å². The van der Waals surface area contributed by atoms with E-state index in [0.717, 1.165) is 25.9 Å². The van der Waals surface area contributed by atoms with Crippen LogP contribution >= 0.6 is 0 Å². The van der Waals surface area contributed by atoms with E-state index in [1.165, 1.54) is 16.7 Å². The SMILES string of the molecule is CCCCC(=O)N1Cc2ccc(C(N)C(C)C)cc2C1. The molecule has 1 atom stereocenters. The molecule has 1 aromatic carbocycles. The smallest absolute Gasteiger partial charge is 0.223 e. The van der Waals surface area contributed by atoms with Gasteiger partial charge in [-0.3, -0.25) is 4.79 Å². The first-order valence-corrected chi connectivity index (χ1v) is 7.68. The second kappa shape index (κ2) is 6.40. The van der Waals surface area contributed by atoms with Crippen LogP contribution in [-0.2, 0) is 17.9 Å². The van der Waals surface area contributed by atoms with Crippen LogP contribution in [0.2, 0.25) is 0 Å². The molecule has 0 spiro atoms. The monoisotopic (exact) mass is 274 g/mol. The van der Waals surface area contributed by atoms with E-state index in [2.05, 4.69) is 39.0 Å². The zero-order chi connectivity index (χ0) is 14.7. The molecule has 3 nitrogen and oxygen atoms in total. The molecule has 3 heteroatoms. The standard InChI is InChI=1S/C17H26N2O/c1-4-5-6-16(20)19-10-14-8-7-13(9-15(14)11-19)17(18)12(2)3/h7-9,12,17H,4-6,10-11,18H2,1-3H3. The molecule has 0 saturated heterocycles. The molecule has 1 unspecified atom stereocenters. The third-order valence-electron chi connectivity index (χ3n) is 4.15. The van der Waals surface area contributed by atoms with Gasteiger partial charge in [0.2, 0.25) is 5.91 Å². The van der Waals surface area contributed by atoms with E-state index < -0.39 is 0 Å². The highest BCUT2D eigenvalue weighted by Crippen LogP contribution is 2.28. The van der Waals surface area contributed by atoms with Crippen molar-refractivity contribution >= 4 is 5.91 Å². The molecule has 1 aromatic rings. The summed E-state index contributed by atoms with van der Waals surface area (Å²) >= 11 is 0. The van der Waals surface area contributed by atoms with Crippen LogP contribution < -0.4 is 5.73 Å². The average Bonchev–Trinajstić information content (AvgIpc) is 2.86. The number of carbonyl (C=O) groups is 1. The molecule has 0 aliphatic carbocycles. The van der Waals surface area contributed by atoms with Crippen LogP contribution in [0.1, 0.15) is 62.8 Å². The highest BCUT2D eigenvalue weighted by Gasteiger charge is 2.23. The van der Waals surface area contributed by atoms with E-state index in [-0.39, 0.29) is 11.9 Å². The van der Waals surface area contributed by atoms with E-state index in [0.29, 0.717) is 12.3 Å². The van der Waals surface area contributed by atoms with Crippen LogP contribution in [0, 0.1) is 5.92 Å². The Morgan fingerprint density at radius 2 is 2.00 bits per heavy atom. The maximum absolute atomic E-state index is 12.1. The number of hydrogen-bond donors (Lipinski definition) is 1. The normalized spacial score (nSPS) is 15.6. The number of nitrogens with two attached hydrogens (primary N) is 1. The van der Waals surface area contributed by atoms with Crippen LogP contribution in [0.15, 0.2) is 18.2 Å². The molecule has 0 bridgehead atoms. The highest BCUT2D eigenvalue weighted by molar-refractivity contribution is 5.77. The zero-order valence-electron chi connectivity index (χ0n) is 12.9. The van der Waals surface area contributed by atoms with Crippen LogP contribution in [-0.4, -0.2) is 10.8 Å². The van der Waals surface area contributed by atoms with Crippen LogP contribution in [0.3, 0.4) is 0 Å². The van der Waals surface area contributed by atoms with Gasteiger partial charge >= 0.3 is 0 Å². The van der Waals surface area contributed by atoms with E-state index >= 15 is 0 Å². The van der Waals surface area contributed by atoms with Crippen molar-refractivity contribution < 1.29 is 4.79 Å². The van der Waals surface area contributed by atoms with Crippen molar-refractivity contribution in [2.75, 3.05) is 0 Å². The summed E-state index contributed by atoms with van der Waals surface area (Å²) < 4.78 is 0. The van der Waals surface area contributed by atoms with Crippen molar-refractivity contribution in [2.24, 2.45) is 11.7 Å². The second-order valence-electron chi connectivity index (χ2n) is 6.15. The minimum Gasteiger partial charge on any atom is -0.334 e. The van der Waals surface area contributed by atoms with Crippen LogP contribution in [0.25, 0.3) is 0 Å². The lowest BCUT2D eigenvalue weighted by Crippen LogP contribution is -2.24. The quantitative estimate of drug-likeness (QED) is 0.894. The molecule has 1 aliphatic heterocycles. The van der Waals surface area contributed by atoms with Crippen molar-refractivity contribution in [1.82, 2.24) is 4.90 Å². The lowest BCUT2D eigenvalue weighted by molar-refractivity contribution is -0.131. The van der Waals surface area contributed by atoms with Gasteiger partial charge < -0.3 is 10.6 Å². The molecule has 1 heterocycles. The number of nitrogens with zero attached hydrogens (tertiary/aromatic N) is 1. The van der Waals surface area contributed by atoms with Gasteiger partial charge in [-0.05, 0) is 29.0 Å². The van der Waals surface area contributed by atoms with Crippen molar-refractivity contribution in [2.45, 2.75) is 59.2 Å². The van der Waals surface area contributed by atoms with Crippen molar-refractivity contribution in [3.63, 3.8) is 0 Å². The topological polar surface area (TPSA) is 46.3 Å². The minimum atomic E-state index is 0.0742. The maximum atomic E-state index is 12.1. The number of unbranched alkanes of at least 4 members (excludes halogenated alkanes) is 1. The van der Waals surface area contributed by atoms with Gasteiger partial charge in [-0.15, -0.1) is 0 Å². The van der Waals surface area contributed by atoms with E-state index in [4.69, 9.17) is 5.73 Å². The summed E-state index contributed by atoms with van der Waals surface area (Å²) in [7, 11) is 0. The molecule has 20 heavy (non-hydrogen) atoms. The Bertz CT molecular complexity index is 482. The molecule has 0 aromatic heterocycles. The van der Waals surface area contributed by atoms with Gasteiger partial charge in [-0.1, -0.05) is 45.4 Å². The number of benzene rings is 1. The van der Waals surface area contributed by atoms with Crippen molar-refractivity contribution in [3.8, 4) is 0 Å². The van der Waals surface area contributed by atoms with E-state index in [9.17, 15) is 4.79 Å². The summed E-state index contributed by atoms with van der Waals surface area (Å²) in [5.74, 6) is 0.703. The predicted octanol–water partition coefficient (Wildman–Crippen LogP) is 3.37. The molecular formula is C17H26N2O. The average molecular weight is 274 g/mol. The van der Waals surface area contributed by atoms with Gasteiger partial charge in [0, 0.05) is 25.6 Å². The van der Waals surface area contributed by atoms with Crippen molar-refractivity contribution in [1.29, 1.82) is 0 Å². The Kier molecular flexibility index (Phi) is 4.81. The Labute approximate surface area is 122 Å². The van der Waals surface area contributed by atoms with E-state index in [1.807, 2.05) is 4.90 Å². The first kappa shape index (κ1) is 15.0. The number of hydrogen-bond acceptors (Lipinski definition) is 2. The molecule has 0 fully saturated rings. The minimum absolute atomic E-state index is 0.0742. The molecule has 1 aliphatic rings. The van der Waals surface area contributed by atoms with Gasteiger partial charge in [0.1, 0.15) is 0 Å².